The summed E-state index contributed by atoms with van der Waals surface area (Å²) in [7, 11) is 0. The number of hydrogen-bond donors (Lipinski definition) is 1. The van der Waals surface area contributed by atoms with Crippen molar-refractivity contribution in [3.63, 3.8) is 0 Å². The van der Waals surface area contributed by atoms with Crippen molar-refractivity contribution in [2.45, 2.75) is 5.92 Å². The third-order valence-corrected chi connectivity index (χ3v) is 6.90. The van der Waals surface area contributed by atoms with E-state index in [0.717, 1.165) is 20.1 Å². The Labute approximate surface area is 194 Å². The monoisotopic (exact) mass is 538 g/mol. The Balaban J connectivity index is 1.92. The highest BCUT2D eigenvalue weighted by atomic mass is 79.9. The molecule has 0 fully saturated rings. The lowest BCUT2D eigenvalue weighted by Gasteiger charge is -2.36. The lowest BCUT2D eigenvalue weighted by molar-refractivity contribution is -0.122. The van der Waals surface area contributed by atoms with Gasteiger partial charge in [0, 0.05) is 19.9 Å². The summed E-state index contributed by atoms with van der Waals surface area (Å²) in [4.78, 5) is 14.9. The molecule has 4 rings (SSSR count). The van der Waals surface area contributed by atoms with Crippen molar-refractivity contribution in [1.29, 1.82) is 10.5 Å². The molecule has 0 aromatic heterocycles. The van der Waals surface area contributed by atoms with Gasteiger partial charge in [0.05, 0.1) is 29.2 Å². The van der Waals surface area contributed by atoms with Crippen molar-refractivity contribution < 1.29 is 4.79 Å². The Hall–Kier alpha value is -2.78. The molecule has 1 atom stereocenters. The summed E-state index contributed by atoms with van der Waals surface area (Å²) in [6, 6.07) is 19.3. The number of carbonyl (C=O) groups excluding carboxylic acids is 1. The summed E-state index contributed by atoms with van der Waals surface area (Å²) in [5, 5.41) is 20.3. The van der Waals surface area contributed by atoms with Crippen LogP contribution in [0, 0.1) is 22.7 Å². The van der Waals surface area contributed by atoms with Gasteiger partial charge in [-0.25, -0.2) is 0 Å². The van der Waals surface area contributed by atoms with E-state index in [9.17, 15) is 15.3 Å². The van der Waals surface area contributed by atoms with Gasteiger partial charge in [-0.15, -0.1) is 0 Å². The maximum atomic E-state index is 13.0. The molecule has 30 heavy (non-hydrogen) atoms. The Morgan fingerprint density at radius 3 is 2.30 bits per heavy atom. The second-order valence-electron chi connectivity index (χ2n) is 6.52. The van der Waals surface area contributed by atoms with Gasteiger partial charge >= 0.3 is 0 Å². The van der Waals surface area contributed by atoms with Gasteiger partial charge < -0.3 is 5.73 Å². The molecule has 146 valence electrons. The van der Waals surface area contributed by atoms with Crippen LogP contribution in [0.2, 0.25) is 0 Å². The first-order chi connectivity index (χ1) is 14.4. The molecule has 2 aliphatic rings. The predicted molar refractivity (Wildman–Crippen MR) is 123 cm³/mol. The number of nitrogens with two attached hydrogens (primary N) is 1. The Morgan fingerprint density at radius 2 is 1.67 bits per heavy atom. The predicted octanol–water partition coefficient (Wildman–Crippen LogP) is 5.35. The normalized spacial score (nSPS) is 18.5. The summed E-state index contributed by atoms with van der Waals surface area (Å²) in [6.07, 6.45) is 1.48. The lowest BCUT2D eigenvalue weighted by Crippen LogP contribution is -2.39. The minimum Gasteiger partial charge on any atom is -0.384 e. The van der Waals surface area contributed by atoms with Crippen molar-refractivity contribution in [1.82, 2.24) is 4.90 Å². The van der Waals surface area contributed by atoms with E-state index in [1.54, 1.807) is 0 Å². The van der Waals surface area contributed by atoms with Crippen molar-refractivity contribution in [3.05, 3.63) is 96.7 Å². The molecule has 0 saturated carbocycles. The van der Waals surface area contributed by atoms with E-state index in [1.165, 1.54) is 22.7 Å². The smallest absolute Gasteiger partial charge is 0.258 e. The average Bonchev–Trinajstić information content (AvgIpc) is 2.73. The lowest BCUT2D eigenvalue weighted by atomic mass is 9.83. The van der Waals surface area contributed by atoms with Gasteiger partial charge in [0.2, 0.25) is 0 Å². The quantitative estimate of drug-likeness (QED) is 0.554. The van der Waals surface area contributed by atoms with Crippen molar-refractivity contribution in [2.75, 3.05) is 0 Å². The number of benzene rings is 2. The standard InChI is InChI=1S/C22H12Br2N4OS/c23-14-5-1-3-12(7-14)18-9-19(29)28-21(27)16(10-25)20(17(11-26)22(28)30-18)13-4-2-6-15(24)8-13/h1-9,20H,27H2. The van der Waals surface area contributed by atoms with E-state index in [-0.39, 0.29) is 17.3 Å². The van der Waals surface area contributed by atoms with Crippen LogP contribution in [0.5, 0.6) is 0 Å². The molecule has 0 radical (unpaired) electrons. The van der Waals surface area contributed by atoms with Crippen LogP contribution in [0.15, 0.2) is 85.5 Å². The number of allylic oxidation sites excluding steroid dienone is 2. The number of nitrogens with zero attached hydrogens (tertiary/aromatic N) is 3. The van der Waals surface area contributed by atoms with Crippen LogP contribution in [0.25, 0.3) is 4.91 Å². The van der Waals surface area contributed by atoms with Crippen LogP contribution in [-0.2, 0) is 4.79 Å². The zero-order valence-corrected chi connectivity index (χ0v) is 19.3. The first-order valence-electron chi connectivity index (χ1n) is 8.73. The molecule has 0 saturated heterocycles. The highest BCUT2D eigenvalue weighted by Crippen LogP contribution is 2.49. The summed E-state index contributed by atoms with van der Waals surface area (Å²) in [5.41, 5.74) is 8.38. The molecular weight excluding hydrogens is 528 g/mol. The van der Waals surface area contributed by atoms with Crippen molar-refractivity contribution >= 4 is 54.4 Å². The molecule has 2 aliphatic heterocycles. The second-order valence-corrected chi connectivity index (χ2v) is 9.39. The van der Waals surface area contributed by atoms with Crippen LogP contribution >= 0.6 is 43.6 Å². The first kappa shape index (κ1) is 20.5. The Bertz CT molecular complexity index is 1270. The first-order valence-corrected chi connectivity index (χ1v) is 11.1. The summed E-state index contributed by atoms with van der Waals surface area (Å²) in [6.45, 7) is 0. The van der Waals surface area contributed by atoms with Gasteiger partial charge in [-0.05, 0) is 35.4 Å². The van der Waals surface area contributed by atoms with Gasteiger partial charge in [0.1, 0.15) is 10.9 Å². The van der Waals surface area contributed by atoms with E-state index < -0.39 is 5.92 Å². The number of thioether (sulfide) groups is 1. The van der Waals surface area contributed by atoms with E-state index in [2.05, 4.69) is 44.0 Å². The Kier molecular flexibility index (Phi) is 5.57. The van der Waals surface area contributed by atoms with Gasteiger partial charge in [-0.3, -0.25) is 9.69 Å². The molecule has 0 bridgehead atoms. The third-order valence-electron chi connectivity index (χ3n) is 4.74. The fourth-order valence-electron chi connectivity index (χ4n) is 3.43. The molecule has 2 aromatic carbocycles. The van der Waals surface area contributed by atoms with Crippen molar-refractivity contribution in [2.24, 2.45) is 5.73 Å². The number of rotatable bonds is 2. The van der Waals surface area contributed by atoms with E-state index >= 15 is 0 Å². The number of amides is 1. The highest BCUT2D eigenvalue weighted by Gasteiger charge is 2.40. The maximum absolute atomic E-state index is 13.0. The van der Waals surface area contributed by atoms with Crippen molar-refractivity contribution in [3.8, 4) is 12.1 Å². The number of carbonyl (C=O) groups is 1. The minimum absolute atomic E-state index is 0.0542. The number of halogens is 2. The van der Waals surface area contributed by atoms with Gasteiger partial charge in [-0.1, -0.05) is 67.9 Å². The second kappa shape index (κ2) is 8.16. The number of hydrogen-bond acceptors (Lipinski definition) is 5. The SMILES string of the molecule is N#CC1=C(N)N2C(=O)C=C(c3cccc(Br)c3)SC2=C(C#N)C1c1cccc(Br)c1. The average molecular weight is 540 g/mol. The molecule has 2 aromatic rings. The molecule has 2 heterocycles. The molecule has 1 amide bonds. The Morgan fingerprint density at radius 1 is 1.00 bits per heavy atom. The van der Waals surface area contributed by atoms with E-state index in [1.807, 2.05) is 48.5 Å². The maximum Gasteiger partial charge on any atom is 0.258 e. The zero-order chi connectivity index (χ0) is 21.4. The molecule has 2 N–H and O–H groups in total. The van der Waals surface area contributed by atoms with E-state index in [0.29, 0.717) is 15.5 Å². The minimum atomic E-state index is -0.647. The van der Waals surface area contributed by atoms with Crippen LogP contribution in [-0.4, -0.2) is 10.8 Å². The summed E-state index contributed by atoms with van der Waals surface area (Å²) < 4.78 is 1.70. The molecule has 1 unspecified atom stereocenters. The molecule has 5 nitrogen and oxygen atoms in total. The van der Waals surface area contributed by atoms with Gasteiger partial charge in [-0.2, -0.15) is 10.5 Å². The van der Waals surface area contributed by atoms with Crippen LogP contribution in [0.1, 0.15) is 17.0 Å². The fraction of sp³-hybridized carbons (Fsp3) is 0.0455. The molecule has 0 spiro atoms. The van der Waals surface area contributed by atoms with Gasteiger partial charge in [0.15, 0.2) is 0 Å². The topological polar surface area (TPSA) is 93.9 Å². The van der Waals surface area contributed by atoms with Gasteiger partial charge in [0.25, 0.3) is 5.91 Å². The molecular formula is C22H12Br2N4OS. The van der Waals surface area contributed by atoms with E-state index in [4.69, 9.17) is 5.73 Å². The number of nitriles is 2. The summed E-state index contributed by atoms with van der Waals surface area (Å²) >= 11 is 8.19. The fourth-order valence-corrected chi connectivity index (χ4v) is 5.42. The summed E-state index contributed by atoms with van der Waals surface area (Å²) in [5.74, 6) is -0.978. The third kappa shape index (κ3) is 3.48. The molecule has 8 heteroatoms. The zero-order valence-electron chi connectivity index (χ0n) is 15.3. The van der Waals surface area contributed by atoms with Crippen LogP contribution < -0.4 is 5.73 Å². The number of fused-ring (bicyclic) bond motifs is 1. The molecule has 0 aliphatic carbocycles. The van der Waals surface area contributed by atoms with Crippen LogP contribution in [0.3, 0.4) is 0 Å². The van der Waals surface area contributed by atoms with Crippen LogP contribution in [0.4, 0.5) is 0 Å². The highest BCUT2D eigenvalue weighted by molar-refractivity contribution is 9.10. The largest absolute Gasteiger partial charge is 0.384 e.